The quantitative estimate of drug-likeness (QED) is 0.771. The lowest BCUT2D eigenvalue weighted by atomic mass is 10.0. The Bertz CT molecular complexity index is 564. The fourth-order valence-corrected chi connectivity index (χ4v) is 2.60. The molecule has 2 aromatic rings. The number of benzene rings is 1. The third-order valence-electron chi connectivity index (χ3n) is 3.23. The first-order valence-electron chi connectivity index (χ1n) is 6.41. The van der Waals surface area contributed by atoms with E-state index < -0.39 is 0 Å². The average molecular weight is 336 g/mol. The summed E-state index contributed by atoms with van der Waals surface area (Å²) >= 11 is 3.73. The van der Waals surface area contributed by atoms with Gasteiger partial charge in [0.2, 0.25) is 0 Å². The van der Waals surface area contributed by atoms with Crippen LogP contribution in [-0.4, -0.2) is 19.2 Å². The highest BCUT2D eigenvalue weighted by Crippen LogP contribution is 2.33. The molecule has 1 heterocycles. The van der Waals surface area contributed by atoms with Gasteiger partial charge >= 0.3 is 0 Å². The van der Waals surface area contributed by atoms with E-state index >= 15 is 0 Å². The van der Waals surface area contributed by atoms with Gasteiger partial charge in [0.15, 0.2) is 0 Å². The number of methoxy groups -OCH3 is 2. The molecule has 0 radical (unpaired) electrons. The molecule has 1 unspecified atom stereocenters. The van der Waals surface area contributed by atoms with Gasteiger partial charge in [-0.3, -0.25) is 4.98 Å². The van der Waals surface area contributed by atoms with E-state index in [9.17, 15) is 0 Å². The molecule has 3 nitrogen and oxygen atoms in total. The number of aromatic nitrogens is 1. The molecular formula is C16H18BrNO2. The molecule has 106 valence electrons. The molecule has 1 aromatic heterocycles. The highest BCUT2D eigenvalue weighted by Gasteiger charge is 2.13. The Morgan fingerprint density at radius 1 is 1.15 bits per heavy atom. The largest absolute Gasteiger partial charge is 0.497 e. The SMILES string of the molecule is COc1cc(OC)cc(C(Br)Cc2ncccc2C)c1. The van der Waals surface area contributed by atoms with Crippen molar-refractivity contribution in [2.24, 2.45) is 0 Å². The lowest BCUT2D eigenvalue weighted by molar-refractivity contribution is 0.393. The molecule has 0 amide bonds. The summed E-state index contributed by atoms with van der Waals surface area (Å²) in [6.07, 6.45) is 2.65. The van der Waals surface area contributed by atoms with Crippen molar-refractivity contribution in [2.75, 3.05) is 14.2 Å². The number of hydrogen-bond donors (Lipinski definition) is 0. The van der Waals surface area contributed by atoms with Crippen molar-refractivity contribution in [3.8, 4) is 11.5 Å². The van der Waals surface area contributed by atoms with Gasteiger partial charge in [0.05, 0.1) is 14.2 Å². The zero-order chi connectivity index (χ0) is 14.5. The van der Waals surface area contributed by atoms with E-state index in [0.29, 0.717) is 0 Å². The van der Waals surface area contributed by atoms with Gasteiger partial charge in [0.25, 0.3) is 0 Å². The highest BCUT2D eigenvalue weighted by atomic mass is 79.9. The predicted octanol–water partition coefficient (Wildman–Crippen LogP) is 4.09. The molecule has 1 atom stereocenters. The Kier molecular flexibility index (Phi) is 5.01. The monoisotopic (exact) mass is 335 g/mol. The summed E-state index contributed by atoms with van der Waals surface area (Å²) in [5, 5.41) is 0. The first-order chi connectivity index (χ1) is 9.63. The lowest BCUT2D eigenvalue weighted by Crippen LogP contribution is -2.01. The minimum absolute atomic E-state index is 0.167. The molecule has 0 saturated heterocycles. The molecule has 0 bridgehead atoms. The van der Waals surface area contributed by atoms with E-state index in [2.05, 4.69) is 33.9 Å². The van der Waals surface area contributed by atoms with Crippen molar-refractivity contribution >= 4 is 15.9 Å². The van der Waals surface area contributed by atoms with E-state index in [1.807, 2.05) is 30.5 Å². The summed E-state index contributed by atoms with van der Waals surface area (Å²) in [5.41, 5.74) is 3.41. The molecule has 20 heavy (non-hydrogen) atoms. The Morgan fingerprint density at radius 3 is 2.35 bits per heavy atom. The van der Waals surface area contributed by atoms with Crippen molar-refractivity contribution in [1.82, 2.24) is 4.98 Å². The first kappa shape index (κ1) is 14.9. The third kappa shape index (κ3) is 3.51. The van der Waals surface area contributed by atoms with E-state index in [4.69, 9.17) is 9.47 Å². The smallest absolute Gasteiger partial charge is 0.122 e. The van der Waals surface area contributed by atoms with Crippen LogP contribution in [0.3, 0.4) is 0 Å². The van der Waals surface area contributed by atoms with Crippen LogP contribution in [0.5, 0.6) is 11.5 Å². The molecule has 0 saturated carbocycles. The molecule has 0 aliphatic rings. The number of aryl methyl sites for hydroxylation is 1. The van der Waals surface area contributed by atoms with Crippen LogP contribution >= 0.6 is 15.9 Å². The first-order valence-corrected chi connectivity index (χ1v) is 7.33. The maximum atomic E-state index is 5.30. The van der Waals surface area contributed by atoms with Gasteiger partial charge in [-0.25, -0.2) is 0 Å². The van der Waals surface area contributed by atoms with Gasteiger partial charge in [0.1, 0.15) is 11.5 Å². The zero-order valence-electron chi connectivity index (χ0n) is 11.9. The minimum atomic E-state index is 0.167. The fraction of sp³-hybridized carbons (Fsp3) is 0.312. The third-order valence-corrected chi connectivity index (χ3v) is 4.08. The maximum absolute atomic E-state index is 5.30. The Hall–Kier alpha value is -1.55. The van der Waals surface area contributed by atoms with E-state index in [-0.39, 0.29) is 4.83 Å². The van der Waals surface area contributed by atoms with Gasteiger partial charge in [-0.2, -0.15) is 0 Å². The Balaban J connectivity index is 2.24. The summed E-state index contributed by atoms with van der Waals surface area (Å²) in [4.78, 5) is 4.60. The van der Waals surface area contributed by atoms with E-state index in [1.54, 1.807) is 14.2 Å². The highest BCUT2D eigenvalue weighted by molar-refractivity contribution is 9.09. The molecular weight excluding hydrogens is 318 g/mol. The van der Waals surface area contributed by atoms with Crippen molar-refractivity contribution in [2.45, 2.75) is 18.2 Å². The zero-order valence-corrected chi connectivity index (χ0v) is 13.5. The molecule has 4 heteroatoms. The van der Waals surface area contributed by atoms with Crippen molar-refractivity contribution < 1.29 is 9.47 Å². The number of halogens is 1. The van der Waals surface area contributed by atoms with Gasteiger partial charge in [-0.15, -0.1) is 0 Å². The van der Waals surface area contributed by atoms with Crippen LogP contribution in [0, 0.1) is 6.92 Å². The molecule has 0 aliphatic carbocycles. The lowest BCUT2D eigenvalue weighted by Gasteiger charge is -2.14. The number of ether oxygens (including phenoxy) is 2. The Labute approximate surface area is 128 Å². The van der Waals surface area contributed by atoms with Crippen LogP contribution in [0.2, 0.25) is 0 Å². The van der Waals surface area contributed by atoms with Gasteiger partial charge in [-0.05, 0) is 36.2 Å². The summed E-state index contributed by atoms with van der Waals surface area (Å²) < 4.78 is 10.6. The molecule has 2 rings (SSSR count). The van der Waals surface area contributed by atoms with Gasteiger partial charge in [0, 0.05) is 29.2 Å². The molecule has 0 N–H and O–H groups in total. The van der Waals surface area contributed by atoms with Gasteiger partial charge in [-0.1, -0.05) is 22.0 Å². The van der Waals surface area contributed by atoms with Crippen LogP contribution in [0.25, 0.3) is 0 Å². The second-order valence-electron chi connectivity index (χ2n) is 4.58. The summed E-state index contributed by atoms with van der Waals surface area (Å²) in [6, 6.07) is 9.93. The van der Waals surface area contributed by atoms with E-state index in [0.717, 1.165) is 29.2 Å². The summed E-state index contributed by atoms with van der Waals surface area (Å²) in [6.45, 7) is 2.08. The molecule has 1 aromatic carbocycles. The minimum Gasteiger partial charge on any atom is -0.497 e. The average Bonchev–Trinajstić information content (AvgIpc) is 2.48. The van der Waals surface area contributed by atoms with Crippen molar-refractivity contribution in [1.29, 1.82) is 0 Å². The van der Waals surface area contributed by atoms with Crippen molar-refractivity contribution in [3.05, 3.63) is 53.3 Å². The normalized spacial score (nSPS) is 12.0. The summed E-state index contributed by atoms with van der Waals surface area (Å²) in [5.74, 6) is 1.59. The number of rotatable bonds is 5. The maximum Gasteiger partial charge on any atom is 0.122 e. The van der Waals surface area contributed by atoms with Crippen LogP contribution < -0.4 is 9.47 Å². The Morgan fingerprint density at radius 2 is 1.80 bits per heavy atom. The second kappa shape index (κ2) is 6.75. The summed E-state index contributed by atoms with van der Waals surface area (Å²) in [7, 11) is 3.31. The van der Waals surface area contributed by atoms with Crippen molar-refractivity contribution in [3.63, 3.8) is 0 Å². The predicted molar refractivity (Wildman–Crippen MR) is 83.9 cm³/mol. The van der Waals surface area contributed by atoms with Crippen LogP contribution in [0.15, 0.2) is 36.5 Å². The number of pyridine rings is 1. The molecule has 0 fully saturated rings. The second-order valence-corrected chi connectivity index (χ2v) is 5.69. The number of hydrogen-bond acceptors (Lipinski definition) is 3. The van der Waals surface area contributed by atoms with Crippen LogP contribution in [-0.2, 0) is 6.42 Å². The standard InChI is InChI=1S/C16H18BrNO2/c1-11-5-4-6-18-16(11)10-15(17)12-7-13(19-2)9-14(8-12)20-3/h4-9,15H,10H2,1-3H3. The van der Waals surface area contributed by atoms with Gasteiger partial charge < -0.3 is 9.47 Å². The molecule has 0 spiro atoms. The van der Waals surface area contributed by atoms with Crippen LogP contribution in [0.1, 0.15) is 21.6 Å². The number of alkyl halides is 1. The number of nitrogens with zero attached hydrogens (tertiary/aromatic N) is 1. The fourth-order valence-electron chi connectivity index (χ4n) is 2.03. The van der Waals surface area contributed by atoms with E-state index in [1.165, 1.54) is 5.56 Å². The van der Waals surface area contributed by atoms with Crippen LogP contribution in [0.4, 0.5) is 0 Å². The molecule has 0 aliphatic heterocycles. The topological polar surface area (TPSA) is 31.4 Å².